The first-order valence-electron chi connectivity index (χ1n) is 6.82. The Kier molecular flexibility index (Phi) is 3.32. The Morgan fingerprint density at radius 2 is 2.00 bits per heavy atom. The van der Waals surface area contributed by atoms with Crippen LogP contribution in [0.1, 0.15) is 46.0 Å². The summed E-state index contributed by atoms with van der Waals surface area (Å²) in [5.74, 6) is -0.906. The molecule has 0 spiro atoms. The number of carboxylic acids is 1. The van der Waals surface area contributed by atoms with Gasteiger partial charge in [-0.1, -0.05) is 12.1 Å². The first-order valence-corrected chi connectivity index (χ1v) is 6.82. The van der Waals surface area contributed by atoms with E-state index < -0.39 is 5.97 Å². The molecule has 0 radical (unpaired) electrons. The molecular formula is C16H17NO3. The van der Waals surface area contributed by atoms with Crippen LogP contribution >= 0.6 is 0 Å². The van der Waals surface area contributed by atoms with Gasteiger partial charge in [0.15, 0.2) is 0 Å². The number of aromatic carboxylic acids is 1. The fraction of sp³-hybridized carbons (Fsp3) is 0.312. The first-order chi connectivity index (χ1) is 9.63. The maximum Gasteiger partial charge on any atom is 0.335 e. The van der Waals surface area contributed by atoms with Crippen molar-refractivity contribution in [2.24, 2.45) is 0 Å². The van der Waals surface area contributed by atoms with Crippen molar-refractivity contribution >= 4 is 5.97 Å². The Morgan fingerprint density at radius 3 is 2.65 bits per heavy atom. The van der Waals surface area contributed by atoms with Gasteiger partial charge in [0.25, 0.3) is 0 Å². The summed E-state index contributed by atoms with van der Waals surface area (Å²) in [5, 5.41) is 18.8. The first kappa shape index (κ1) is 12.9. The van der Waals surface area contributed by atoms with Crippen LogP contribution in [0.5, 0.6) is 0 Å². The summed E-state index contributed by atoms with van der Waals surface area (Å²) in [6.45, 7) is 0.694. The molecule has 3 rings (SSSR count). The van der Waals surface area contributed by atoms with Crippen molar-refractivity contribution in [3.8, 4) is 0 Å². The lowest BCUT2D eigenvalue weighted by Gasteiger charge is -2.16. The Labute approximate surface area is 117 Å². The standard InChI is InChI=1S/C16H17NO3/c18-15-3-1-2-13-9-17(10-14(13)15)8-11-4-6-12(7-5-11)16(19)20/h4-7,9-10,15,18H,1-3,8H2,(H,19,20). The number of hydrogen-bond acceptors (Lipinski definition) is 2. The van der Waals surface area contributed by atoms with Gasteiger partial charge >= 0.3 is 5.97 Å². The van der Waals surface area contributed by atoms with Crippen LogP contribution in [0.2, 0.25) is 0 Å². The van der Waals surface area contributed by atoms with E-state index in [0.717, 1.165) is 30.4 Å². The number of rotatable bonds is 3. The second-order valence-electron chi connectivity index (χ2n) is 5.32. The lowest BCUT2D eigenvalue weighted by molar-refractivity contribution is 0.0697. The monoisotopic (exact) mass is 271 g/mol. The minimum absolute atomic E-state index is 0.302. The summed E-state index contributed by atoms with van der Waals surface area (Å²) in [6, 6.07) is 6.91. The number of hydrogen-bond donors (Lipinski definition) is 2. The van der Waals surface area contributed by atoms with Crippen LogP contribution < -0.4 is 0 Å². The van der Waals surface area contributed by atoms with Gasteiger partial charge in [-0.2, -0.15) is 0 Å². The topological polar surface area (TPSA) is 62.5 Å². The Balaban J connectivity index is 1.79. The van der Waals surface area contributed by atoms with Crippen LogP contribution in [-0.4, -0.2) is 20.7 Å². The summed E-state index contributed by atoms with van der Waals surface area (Å²) in [6.07, 6.45) is 6.65. The van der Waals surface area contributed by atoms with Crippen molar-refractivity contribution in [3.63, 3.8) is 0 Å². The summed E-state index contributed by atoms with van der Waals surface area (Å²) < 4.78 is 2.06. The van der Waals surface area contributed by atoms with Crippen molar-refractivity contribution in [3.05, 3.63) is 58.9 Å². The molecule has 1 atom stereocenters. The number of benzene rings is 1. The lowest BCUT2D eigenvalue weighted by atomic mass is 9.93. The van der Waals surface area contributed by atoms with Gasteiger partial charge in [-0.05, 0) is 42.5 Å². The highest BCUT2D eigenvalue weighted by Gasteiger charge is 2.19. The highest BCUT2D eigenvalue weighted by molar-refractivity contribution is 5.87. The fourth-order valence-corrected chi connectivity index (χ4v) is 2.78. The van der Waals surface area contributed by atoms with Gasteiger partial charge < -0.3 is 14.8 Å². The van der Waals surface area contributed by atoms with Crippen molar-refractivity contribution in [2.45, 2.75) is 31.9 Å². The quantitative estimate of drug-likeness (QED) is 0.902. The normalized spacial score (nSPS) is 17.8. The van der Waals surface area contributed by atoms with Crippen molar-refractivity contribution in [1.82, 2.24) is 4.57 Å². The molecule has 1 aromatic carbocycles. The van der Waals surface area contributed by atoms with E-state index in [1.54, 1.807) is 12.1 Å². The number of nitrogens with zero attached hydrogens (tertiary/aromatic N) is 1. The van der Waals surface area contributed by atoms with Crippen LogP contribution in [-0.2, 0) is 13.0 Å². The molecule has 1 aromatic heterocycles. The molecule has 0 aliphatic heterocycles. The van der Waals surface area contributed by atoms with Gasteiger partial charge in [-0.25, -0.2) is 4.79 Å². The molecule has 0 amide bonds. The molecule has 4 nitrogen and oxygen atoms in total. The maximum atomic E-state index is 10.8. The molecule has 2 aromatic rings. The molecule has 20 heavy (non-hydrogen) atoms. The minimum Gasteiger partial charge on any atom is -0.478 e. The van der Waals surface area contributed by atoms with Gasteiger partial charge in [0.1, 0.15) is 0 Å². The summed E-state index contributed by atoms with van der Waals surface area (Å²) >= 11 is 0. The molecule has 0 saturated carbocycles. The van der Waals surface area contributed by atoms with E-state index >= 15 is 0 Å². The van der Waals surface area contributed by atoms with Gasteiger partial charge in [0.05, 0.1) is 11.7 Å². The van der Waals surface area contributed by atoms with Crippen LogP contribution in [0.3, 0.4) is 0 Å². The highest BCUT2D eigenvalue weighted by atomic mass is 16.4. The van der Waals surface area contributed by atoms with Crippen LogP contribution in [0.15, 0.2) is 36.7 Å². The van der Waals surface area contributed by atoms with E-state index in [2.05, 4.69) is 10.8 Å². The second-order valence-corrected chi connectivity index (χ2v) is 5.32. The lowest BCUT2D eigenvalue weighted by Crippen LogP contribution is -2.05. The SMILES string of the molecule is O=C(O)c1ccc(Cn2cc3c(c2)C(O)CCC3)cc1. The fourth-order valence-electron chi connectivity index (χ4n) is 2.78. The number of aryl methyl sites for hydroxylation is 1. The third-order valence-electron chi connectivity index (χ3n) is 3.85. The van der Waals surface area contributed by atoms with Crippen LogP contribution in [0.25, 0.3) is 0 Å². The minimum atomic E-state index is -0.906. The summed E-state index contributed by atoms with van der Waals surface area (Å²) in [4.78, 5) is 10.8. The van der Waals surface area contributed by atoms with E-state index in [0.29, 0.717) is 12.1 Å². The van der Waals surface area contributed by atoms with E-state index in [1.807, 2.05) is 18.3 Å². The van der Waals surface area contributed by atoms with E-state index in [4.69, 9.17) is 5.11 Å². The third-order valence-corrected chi connectivity index (χ3v) is 3.85. The van der Waals surface area contributed by atoms with Gasteiger partial charge in [-0.3, -0.25) is 0 Å². The average molecular weight is 271 g/mol. The highest BCUT2D eigenvalue weighted by Crippen LogP contribution is 2.30. The molecule has 104 valence electrons. The Hall–Kier alpha value is -2.07. The Bertz CT molecular complexity index is 628. The number of aliphatic hydroxyl groups is 1. The zero-order chi connectivity index (χ0) is 14.1. The molecule has 1 heterocycles. The smallest absolute Gasteiger partial charge is 0.335 e. The summed E-state index contributed by atoms with van der Waals surface area (Å²) in [7, 11) is 0. The van der Waals surface area contributed by atoms with E-state index in [-0.39, 0.29) is 6.10 Å². The zero-order valence-corrected chi connectivity index (χ0v) is 11.1. The number of aromatic nitrogens is 1. The predicted molar refractivity (Wildman–Crippen MR) is 74.8 cm³/mol. The number of carbonyl (C=O) groups is 1. The molecule has 1 unspecified atom stereocenters. The van der Waals surface area contributed by atoms with Crippen molar-refractivity contribution < 1.29 is 15.0 Å². The van der Waals surface area contributed by atoms with Crippen molar-refractivity contribution in [2.75, 3.05) is 0 Å². The van der Waals surface area contributed by atoms with E-state index in [1.165, 1.54) is 5.56 Å². The number of carboxylic acid groups (broad SMARTS) is 1. The zero-order valence-electron chi connectivity index (χ0n) is 11.1. The van der Waals surface area contributed by atoms with Crippen molar-refractivity contribution in [1.29, 1.82) is 0 Å². The Morgan fingerprint density at radius 1 is 1.25 bits per heavy atom. The molecule has 0 fully saturated rings. The van der Waals surface area contributed by atoms with E-state index in [9.17, 15) is 9.90 Å². The predicted octanol–water partition coefficient (Wildman–Crippen LogP) is 2.60. The van der Waals surface area contributed by atoms with Crippen LogP contribution in [0.4, 0.5) is 0 Å². The van der Waals surface area contributed by atoms with Gasteiger partial charge in [0.2, 0.25) is 0 Å². The molecular weight excluding hydrogens is 254 g/mol. The van der Waals surface area contributed by atoms with Gasteiger partial charge in [-0.15, -0.1) is 0 Å². The second kappa shape index (κ2) is 5.13. The third kappa shape index (κ3) is 2.47. The van der Waals surface area contributed by atoms with Gasteiger partial charge in [0, 0.05) is 24.5 Å². The molecule has 0 bridgehead atoms. The molecule has 0 saturated heterocycles. The molecule has 2 N–H and O–H groups in total. The molecule has 1 aliphatic carbocycles. The summed E-state index contributed by atoms with van der Waals surface area (Å²) in [5.41, 5.74) is 3.62. The maximum absolute atomic E-state index is 10.8. The van der Waals surface area contributed by atoms with Crippen LogP contribution in [0, 0.1) is 0 Å². The number of fused-ring (bicyclic) bond motifs is 1. The largest absolute Gasteiger partial charge is 0.478 e. The average Bonchev–Trinajstić information content (AvgIpc) is 2.83. The molecule has 4 heteroatoms. The molecule has 1 aliphatic rings. The number of aliphatic hydroxyl groups excluding tert-OH is 1.